The molecule has 17 aromatic carbocycles. The molecule has 132 heavy (non-hydrogen) atoms. The number of para-hydroxylation sites is 6. The Bertz CT molecular complexity index is 8320. The van der Waals surface area contributed by atoms with Crippen LogP contribution in [0.2, 0.25) is 0 Å². The summed E-state index contributed by atoms with van der Waals surface area (Å²) in [7, 11) is 0. The van der Waals surface area contributed by atoms with Crippen molar-refractivity contribution in [2.24, 2.45) is 0 Å². The molecule has 10 heteroatoms. The quantitative estimate of drug-likeness (QED) is 0.122. The van der Waals surface area contributed by atoms with Crippen LogP contribution >= 0.6 is 22.7 Å². The number of pyridine rings is 2. The lowest BCUT2D eigenvalue weighted by molar-refractivity contribution is 1.13. The lowest BCUT2D eigenvalue weighted by Gasteiger charge is -2.13. The fraction of sp³-hybridized carbons (Fsp3) is 0.0164. The molecule has 10 heterocycles. The molecule has 0 amide bonds. The fourth-order valence-corrected chi connectivity index (χ4v) is 22.7. The van der Waals surface area contributed by atoms with Gasteiger partial charge in [-0.1, -0.05) is 273 Å². The Morgan fingerprint density at radius 1 is 0.174 bits per heavy atom. The van der Waals surface area contributed by atoms with Crippen LogP contribution in [0, 0.1) is 13.8 Å². The SMILES string of the molecule is Cc1ccc(-c2cccc3c2c2ccccc2n3-c2cccc(-n3c4ccccc4c4c(-c5ccc(C)s5)cccc43)c2)s1.c1ccc(-c2cccc3c2c2ccccc2n3-c2cccc(-n3c4ccccc4c4c(-c5ccccc5)cccc43)c2)cc1.c1ccc(-c2cccc3c2c2ccccc2n3-c2cccc(-n3c4ccccc4c4c(-c5ccccn5)cccc43)c2)nc1. The van der Waals surface area contributed by atoms with E-state index in [1.165, 1.54) is 173 Å². The van der Waals surface area contributed by atoms with Crippen LogP contribution in [0.3, 0.4) is 0 Å². The van der Waals surface area contributed by atoms with Crippen molar-refractivity contribution in [3.05, 3.63) is 471 Å². The molecule has 0 aliphatic rings. The zero-order chi connectivity index (χ0) is 87.4. The molecule has 0 bridgehead atoms. The molecule has 27 aromatic rings. The van der Waals surface area contributed by atoms with Crippen LogP contribution in [0.4, 0.5) is 0 Å². The van der Waals surface area contributed by atoms with Crippen LogP contribution < -0.4 is 0 Å². The number of rotatable bonds is 12. The van der Waals surface area contributed by atoms with E-state index in [-0.39, 0.29) is 0 Å². The van der Waals surface area contributed by atoms with Crippen molar-refractivity contribution >= 4 is 154 Å². The minimum atomic E-state index is 0.976. The molecule has 622 valence electrons. The first-order chi connectivity index (χ1) is 65.4. The smallest absolute Gasteiger partial charge is 0.0708 e. The second-order valence-electron chi connectivity index (χ2n) is 33.9. The maximum atomic E-state index is 4.71. The van der Waals surface area contributed by atoms with Gasteiger partial charge in [0, 0.05) is 153 Å². The van der Waals surface area contributed by atoms with Gasteiger partial charge in [0.2, 0.25) is 0 Å². The molecule has 8 nitrogen and oxygen atoms in total. The summed E-state index contributed by atoms with van der Waals surface area (Å²) in [6.45, 7) is 4.37. The lowest BCUT2D eigenvalue weighted by atomic mass is 9.99. The first kappa shape index (κ1) is 77.6. The lowest BCUT2D eigenvalue weighted by Crippen LogP contribution is -1.98. The Balaban J connectivity index is 0.000000106. The van der Waals surface area contributed by atoms with Crippen LogP contribution in [0.25, 0.3) is 231 Å². The van der Waals surface area contributed by atoms with E-state index in [4.69, 9.17) is 9.97 Å². The Morgan fingerprint density at radius 3 is 0.652 bits per heavy atom. The normalized spacial score (nSPS) is 11.7. The zero-order valence-corrected chi connectivity index (χ0v) is 73.9. The number of aryl methyl sites for hydroxylation is 2. The van der Waals surface area contributed by atoms with Crippen LogP contribution in [0.15, 0.2) is 461 Å². The van der Waals surface area contributed by atoms with Crippen molar-refractivity contribution in [2.75, 3.05) is 0 Å². The topological polar surface area (TPSA) is 55.4 Å². The van der Waals surface area contributed by atoms with Gasteiger partial charge < -0.3 is 27.4 Å². The Labute approximate surface area is 769 Å². The van der Waals surface area contributed by atoms with Gasteiger partial charge in [-0.2, -0.15) is 0 Å². The summed E-state index contributed by atoms with van der Waals surface area (Å²) in [6, 6.07) is 162. The Morgan fingerprint density at radius 2 is 0.394 bits per heavy atom. The monoisotopic (exact) mass is 1720 g/mol. The minimum absolute atomic E-state index is 0.976. The average Bonchev–Trinajstić information content (AvgIpc) is 1.58. The van der Waals surface area contributed by atoms with E-state index in [1.54, 1.807) is 0 Å². The number of hydrogen-bond acceptors (Lipinski definition) is 4. The second kappa shape index (κ2) is 32.2. The molecule has 0 radical (unpaired) electrons. The summed E-state index contributed by atoms with van der Waals surface area (Å²) in [5, 5.41) is 15.1. The third kappa shape index (κ3) is 12.8. The maximum Gasteiger partial charge on any atom is 0.0708 e. The van der Waals surface area contributed by atoms with E-state index in [1.807, 2.05) is 47.2 Å². The molecular weight excluding hydrogens is 1640 g/mol. The van der Waals surface area contributed by atoms with Gasteiger partial charge in [0.1, 0.15) is 0 Å². The van der Waals surface area contributed by atoms with Gasteiger partial charge in [0.05, 0.1) is 77.6 Å². The molecule has 0 saturated carbocycles. The number of aromatic nitrogens is 8. The van der Waals surface area contributed by atoms with Crippen molar-refractivity contribution in [1.82, 2.24) is 37.4 Å². The molecule has 0 aliphatic heterocycles. The summed E-state index contributed by atoms with van der Waals surface area (Å²) in [5.74, 6) is 0. The van der Waals surface area contributed by atoms with Crippen molar-refractivity contribution in [3.63, 3.8) is 0 Å². The van der Waals surface area contributed by atoms with Gasteiger partial charge in [-0.15, -0.1) is 22.7 Å². The van der Waals surface area contributed by atoms with Crippen molar-refractivity contribution in [3.8, 4) is 99.8 Å². The van der Waals surface area contributed by atoms with E-state index in [2.05, 4.69) is 478 Å². The summed E-state index contributed by atoms with van der Waals surface area (Å²) in [5.41, 5.74) is 33.0. The largest absolute Gasteiger partial charge is 0.309 e. The number of benzene rings is 17. The number of thiophene rings is 2. The molecule has 0 fully saturated rings. The van der Waals surface area contributed by atoms with E-state index < -0.39 is 0 Å². The Kier molecular flexibility index (Phi) is 18.9. The first-order valence-electron chi connectivity index (χ1n) is 44.9. The highest BCUT2D eigenvalue weighted by Gasteiger charge is 2.26. The van der Waals surface area contributed by atoms with Gasteiger partial charge >= 0.3 is 0 Å². The number of fused-ring (bicyclic) bond motifs is 18. The highest BCUT2D eigenvalue weighted by atomic mass is 32.1. The predicted molar refractivity (Wildman–Crippen MR) is 559 cm³/mol. The summed E-state index contributed by atoms with van der Waals surface area (Å²) < 4.78 is 14.5. The zero-order valence-electron chi connectivity index (χ0n) is 72.3. The minimum Gasteiger partial charge on any atom is -0.309 e. The van der Waals surface area contributed by atoms with Crippen molar-refractivity contribution in [1.29, 1.82) is 0 Å². The highest BCUT2D eigenvalue weighted by molar-refractivity contribution is 7.15. The summed E-state index contributed by atoms with van der Waals surface area (Å²) in [6.07, 6.45) is 3.73. The standard InChI is InChI=1S/C42H28N2.C40H26N4.C40H28N2S2/c1-3-14-29(15-4-1)33-22-12-26-39-41(33)35-20-7-9-24-37(35)43(39)31-18-11-19-32(28-31)44-38-25-10-8-21-36(38)42-34(23-13-27-40(42)44)30-16-5-2-6-17-30;1-3-20-35-31(14-1)39-29(33-18-5-7-24-41-33)16-10-22-37(39)43(35)27-12-9-13-28(26-27)44-36-21-4-2-15-32(36)40-30(17-11-23-38(40)44)34-19-6-8-25-42-34;1-25-20-22-37(43-25)31-14-8-18-35-39(31)29-12-3-5-16-33(29)41(35)27-10-7-11-28(24-27)42-34-17-6-4-13-30(34)40-32(15-9-19-36(40)42)38-23-21-26(2)44-38/h1-28H;1-26H;3-24H,1-2H3. The highest BCUT2D eigenvalue weighted by Crippen LogP contribution is 2.48. The van der Waals surface area contributed by atoms with Gasteiger partial charge in [0.25, 0.3) is 0 Å². The van der Waals surface area contributed by atoms with Crippen LogP contribution in [-0.4, -0.2) is 37.4 Å². The molecule has 0 atom stereocenters. The van der Waals surface area contributed by atoms with Crippen LogP contribution in [0.5, 0.6) is 0 Å². The fourth-order valence-electron chi connectivity index (χ4n) is 20.9. The number of nitrogens with zero attached hydrogens (tertiary/aromatic N) is 8. The number of hydrogen-bond donors (Lipinski definition) is 0. The second-order valence-corrected chi connectivity index (χ2v) is 36.4. The van der Waals surface area contributed by atoms with E-state index in [0.29, 0.717) is 0 Å². The molecule has 0 saturated heterocycles. The first-order valence-corrected chi connectivity index (χ1v) is 46.6. The molecule has 0 spiro atoms. The van der Waals surface area contributed by atoms with Gasteiger partial charge in [0.15, 0.2) is 0 Å². The van der Waals surface area contributed by atoms with Crippen LogP contribution in [0.1, 0.15) is 9.75 Å². The van der Waals surface area contributed by atoms with E-state index in [9.17, 15) is 0 Å². The maximum absolute atomic E-state index is 4.71. The van der Waals surface area contributed by atoms with Crippen molar-refractivity contribution in [2.45, 2.75) is 13.8 Å². The molecule has 0 N–H and O–H groups in total. The van der Waals surface area contributed by atoms with E-state index in [0.717, 1.165) is 67.7 Å². The molecular formula is C122H82N8S2. The molecule has 10 aromatic heterocycles. The summed E-state index contributed by atoms with van der Waals surface area (Å²) >= 11 is 3.72. The molecule has 0 unspecified atom stereocenters. The van der Waals surface area contributed by atoms with Gasteiger partial charge in [-0.3, -0.25) is 9.97 Å². The van der Waals surface area contributed by atoms with Gasteiger partial charge in [-0.05, 0) is 212 Å². The Hall–Kier alpha value is -16.8. The predicted octanol–water partition coefficient (Wildman–Crippen LogP) is 33.2. The van der Waals surface area contributed by atoms with Crippen molar-refractivity contribution < 1.29 is 0 Å². The summed E-state index contributed by atoms with van der Waals surface area (Å²) in [4.78, 5) is 14.7. The third-order valence-electron chi connectivity index (χ3n) is 26.3. The average molecular weight is 1720 g/mol. The van der Waals surface area contributed by atoms with Gasteiger partial charge in [-0.25, -0.2) is 0 Å². The molecule has 0 aliphatic carbocycles. The molecule has 27 rings (SSSR count). The third-order valence-corrected chi connectivity index (χ3v) is 28.4. The van der Waals surface area contributed by atoms with E-state index >= 15 is 0 Å². The van der Waals surface area contributed by atoms with Crippen LogP contribution in [-0.2, 0) is 0 Å².